The Hall–Kier alpha value is -2.03. The van der Waals surface area contributed by atoms with Gasteiger partial charge in [0.1, 0.15) is 23.0 Å². The van der Waals surface area contributed by atoms with Crippen LogP contribution >= 0.6 is 11.6 Å². The van der Waals surface area contributed by atoms with Gasteiger partial charge in [0.25, 0.3) is 0 Å². The summed E-state index contributed by atoms with van der Waals surface area (Å²) in [6.45, 7) is 7.06. The number of aromatic nitrogens is 2. The molecule has 5 nitrogen and oxygen atoms in total. The highest BCUT2D eigenvalue weighted by Gasteiger charge is 2.33. The van der Waals surface area contributed by atoms with E-state index in [0.717, 1.165) is 30.7 Å². The number of esters is 1. The van der Waals surface area contributed by atoms with Crippen LogP contribution in [0.3, 0.4) is 0 Å². The Bertz CT molecular complexity index is 842. The number of rotatable bonds is 2. The Morgan fingerprint density at radius 2 is 2.28 bits per heavy atom. The molecule has 0 unspecified atom stereocenters. The van der Waals surface area contributed by atoms with Gasteiger partial charge < -0.3 is 4.74 Å². The Balaban J connectivity index is 1.68. The zero-order valence-corrected chi connectivity index (χ0v) is 15.5. The largest absolute Gasteiger partial charge is 0.459 e. The minimum Gasteiger partial charge on any atom is -0.459 e. The van der Waals surface area contributed by atoms with Crippen LogP contribution in [0, 0.1) is 11.8 Å². The number of imidazole rings is 1. The van der Waals surface area contributed by atoms with Crippen LogP contribution in [0.2, 0.25) is 5.02 Å². The number of fused-ring (bicyclic) bond motifs is 1. The number of likely N-dealkylation sites (tertiary alicyclic amines) is 1. The number of carbonyl (C=O) groups is 1. The van der Waals surface area contributed by atoms with Crippen molar-refractivity contribution in [3.8, 4) is 11.8 Å². The van der Waals surface area contributed by atoms with E-state index in [4.69, 9.17) is 16.3 Å². The van der Waals surface area contributed by atoms with Crippen molar-refractivity contribution in [2.45, 2.75) is 45.3 Å². The highest BCUT2D eigenvalue weighted by molar-refractivity contribution is 6.30. The fourth-order valence-corrected chi connectivity index (χ4v) is 3.09. The van der Waals surface area contributed by atoms with Gasteiger partial charge in [0, 0.05) is 23.8 Å². The SMILES string of the molecule is CC(C)(C)OC(=O)[C@H]1CCCN1CC#Cc1cnc2cc(Cl)ccn12. The zero-order chi connectivity index (χ0) is 18.0. The van der Waals surface area contributed by atoms with Crippen LogP contribution in [-0.4, -0.2) is 45.0 Å². The third kappa shape index (κ3) is 4.33. The van der Waals surface area contributed by atoms with Gasteiger partial charge in [-0.15, -0.1) is 0 Å². The lowest BCUT2D eigenvalue weighted by atomic mass is 10.1. The van der Waals surface area contributed by atoms with Gasteiger partial charge in [-0.3, -0.25) is 14.1 Å². The average Bonchev–Trinajstić information content (AvgIpc) is 3.12. The molecule has 1 saturated heterocycles. The molecule has 1 fully saturated rings. The number of nitrogens with zero attached hydrogens (tertiary/aromatic N) is 3. The first-order valence-electron chi connectivity index (χ1n) is 8.42. The van der Waals surface area contributed by atoms with Crippen LogP contribution in [0.15, 0.2) is 24.5 Å². The average molecular weight is 360 g/mol. The van der Waals surface area contributed by atoms with Crippen molar-refractivity contribution in [1.82, 2.24) is 14.3 Å². The summed E-state index contributed by atoms with van der Waals surface area (Å²) in [6.07, 6.45) is 5.40. The van der Waals surface area contributed by atoms with Crippen molar-refractivity contribution in [3.63, 3.8) is 0 Å². The maximum atomic E-state index is 12.3. The second-order valence-electron chi connectivity index (χ2n) is 7.18. The van der Waals surface area contributed by atoms with Crippen LogP contribution < -0.4 is 0 Å². The van der Waals surface area contributed by atoms with Gasteiger partial charge in [0.2, 0.25) is 0 Å². The topological polar surface area (TPSA) is 46.8 Å². The van der Waals surface area contributed by atoms with E-state index in [1.165, 1.54) is 0 Å². The van der Waals surface area contributed by atoms with Crippen LogP contribution in [0.4, 0.5) is 0 Å². The molecule has 132 valence electrons. The van der Waals surface area contributed by atoms with Gasteiger partial charge >= 0.3 is 5.97 Å². The molecule has 6 heteroatoms. The summed E-state index contributed by atoms with van der Waals surface area (Å²) in [5.74, 6) is 6.14. The molecule has 0 aromatic carbocycles. The summed E-state index contributed by atoms with van der Waals surface area (Å²) < 4.78 is 7.41. The molecule has 3 rings (SSSR count). The van der Waals surface area contributed by atoms with E-state index in [9.17, 15) is 4.79 Å². The lowest BCUT2D eigenvalue weighted by Gasteiger charge is -2.26. The van der Waals surface area contributed by atoms with Crippen LogP contribution in [0.5, 0.6) is 0 Å². The molecule has 3 heterocycles. The van der Waals surface area contributed by atoms with Crippen LogP contribution in [0.25, 0.3) is 5.65 Å². The van der Waals surface area contributed by atoms with Gasteiger partial charge in [0.05, 0.1) is 12.7 Å². The minimum absolute atomic E-state index is 0.156. The molecule has 1 aliphatic heterocycles. The molecule has 2 aromatic heterocycles. The van der Waals surface area contributed by atoms with E-state index >= 15 is 0 Å². The molecule has 1 atom stereocenters. The van der Waals surface area contributed by atoms with Gasteiger partial charge in [-0.1, -0.05) is 17.5 Å². The molecule has 0 spiro atoms. The Kier molecular flexibility index (Phi) is 5.03. The van der Waals surface area contributed by atoms with Gasteiger partial charge in [-0.2, -0.15) is 0 Å². The van der Waals surface area contributed by atoms with E-state index < -0.39 is 5.60 Å². The van der Waals surface area contributed by atoms with E-state index in [1.807, 2.05) is 31.4 Å². The molecule has 0 N–H and O–H groups in total. The predicted molar refractivity (Wildman–Crippen MR) is 97.5 cm³/mol. The summed E-state index contributed by atoms with van der Waals surface area (Å²) in [4.78, 5) is 18.7. The Morgan fingerprint density at radius 3 is 3.04 bits per heavy atom. The fraction of sp³-hybridized carbons (Fsp3) is 0.474. The number of hydrogen-bond donors (Lipinski definition) is 0. The first-order valence-corrected chi connectivity index (χ1v) is 8.80. The predicted octanol–water partition coefficient (Wildman–Crippen LogP) is 3.15. The molecule has 0 saturated carbocycles. The Labute approximate surface area is 152 Å². The number of carbonyl (C=O) groups excluding carboxylic acids is 1. The monoisotopic (exact) mass is 359 g/mol. The van der Waals surface area contributed by atoms with Crippen molar-refractivity contribution in [1.29, 1.82) is 0 Å². The summed E-state index contributed by atoms with van der Waals surface area (Å²) in [6, 6.07) is 3.40. The smallest absolute Gasteiger partial charge is 0.323 e. The number of halogens is 1. The summed E-state index contributed by atoms with van der Waals surface area (Å²) in [5.41, 5.74) is 1.11. The first kappa shape index (κ1) is 17.8. The normalized spacial score (nSPS) is 18.2. The number of pyridine rings is 1. The van der Waals surface area contributed by atoms with Gasteiger partial charge in [0.15, 0.2) is 0 Å². The van der Waals surface area contributed by atoms with E-state index in [-0.39, 0.29) is 12.0 Å². The molecule has 1 aliphatic rings. The van der Waals surface area contributed by atoms with E-state index in [1.54, 1.807) is 18.3 Å². The molecule has 25 heavy (non-hydrogen) atoms. The maximum Gasteiger partial charge on any atom is 0.323 e. The second kappa shape index (κ2) is 7.07. The van der Waals surface area contributed by atoms with Gasteiger partial charge in [-0.05, 0) is 45.6 Å². The molecule has 0 amide bonds. The summed E-state index contributed by atoms with van der Waals surface area (Å²) >= 11 is 5.97. The molecule has 2 aromatic rings. The van der Waals surface area contributed by atoms with E-state index in [2.05, 4.69) is 21.7 Å². The molecule has 0 radical (unpaired) electrons. The third-order valence-corrected chi connectivity index (χ3v) is 4.25. The quantitative estimate of drug-likeness (QED) is 0.610. The van der Waals surface area contributed by atoms with Crippen molar-refractivity contribution >= 4 is 23.2 Å². The molecule has 0 aliphatic carbocycles. The summed E-state index contributed by atoms with van der Waals surface area (Å²) in [5, 5.41) is 0.648. The zero-order valence-electron chi connectivity index (χ0n) is 14.8. The molecular weight excluding hydrogens is 338 g/mol. The van der Waals surface area contributed by atoms with Gasteiger partial charge in [-0.25, -0.2) is 4.98 Å². The van der Waals surface area contributed by atoms with Crippen molar-refractivity contribution in [2.75, 3.05) is 13.1 Å². The van der Waals surface area contributed by atoms with Crippen molar-refractivity contribution in [3.05, 3.63) is 35.2 Å². The first-order chi connectivity index (χ1) is 11.8. The molecule has 0 bridgehead atoms. The highest BCUT2D eigenvalue weighted by Crippen LogP contribution is 2.20. The summed E-state index contributed by atoms with van der Waals surface area (Å²) in [7, 11) is 0. The van der Waals surface area contributed by atoms with Crippen molar-refractivity contribution in [2.24, 2.45) is 0 Å². The van der Waals surface area contributed by atoms with Crippen LogP contribution in [-0.2, 0) is 9.53 Å². The van der Waals surface area contributed by atoms with Crippen molar-refractivity contribution < 1.29 is 9.53 Å². The highest BCUT2D eigenvalue weighted by atomic mass is 35.5. The van der Waals surface area contributed by atoms with E-state index in [0.29, 0.717) is 11.6 Å². The second-order valence-corrected chi connectivity index (χ2v) is 7.62. The maximum absolute atomic E-state index is 12.3. The number of ether oxygens (including phenoxy) is 1. The standard InChI is InChI=1S/C19H22ClN3O2/c1-19(2,3)25-18(24)16-7-5-10-22(16)9-4-6-15-13-21-17-12-14(20)8-11-23(15)17/h8,11-13,16H,5,7,9-10H2,1-3H3/t16-/m1/s1. The third-order valence-electron chi connectivity index (χ3n) is 4.02. The lowest BCUT2D eigenvalue weighted by molar-refractivity contribution is -0.160. The Morgan fingerprint density at radius 1 is 1.48 bits per heavy atom. The lowest BCUT2D eigenvalue weighted by Crippen LogP contribution is -2.40. The fourth-order valence-electron chi connectivity index (χ4n) is 2.93. The van der Waals surface area contributed by atoms with Crippen LogP contribution in [0.1, 0.15) is 39.3 Å². The minimum atomic E-state index is -0.463. The molecular formula is C19H22ClN3O2. The number of hydrogen-bond acceptors (Lipinski definition) is 4.